The quantitative estimate of drug-likeness (QED) is 0.342. The van der Waals surface area contributed by atoms with Gasteiger partial charge in [-0.1, -0.05) is 0 Å². The fraction of sp³-hybridized carbons (Fsp3) is 0.500. The largest absolute Gasteiger partial charge is 0.358 e. The van der Waals surface area contributed by atoms with E-state index in [9.17, 15) is 10.1 Å². The Morgan fingerprint density at radius 3 is 3.08 bits per heavy atom. The van der Waals surface area contributed by atoms with Crippen LogP contribution in [0.1, 0.15) is 5.82 Å². The Labute approximate surface area is 80.3 Å². The highest BCUT2D eigenvalue weighted by Gasteiger charge is 2.16. The van der Waals surface area contributed by atoms with Gasteiger partial charge in [0.15, 0.2) is 5.82 Å². The summed E-state index contributed by atoms with van der Waals surface area (Å²) in [5.41, 5.74) is 0. The summed E-state index contributed by atoms with van der Waals surface area (Å²) in [5.74, 6) is 0.569. The predicted octanol–water partition coefficient (Wildman–Crippen LogP) is 0.961. The second-order valence-electron chi connectivity index (χ2n) is 2.41. The third-order valence-electron chi connectivity index (χ3n) is 1.63. The maximum Gasteiger partial charge on any atom is 0.342 e. The number of rotatable bonds is 4. The first-order valence-corrected chi connectivity index (χ1v) is 3.96. The molecule has 1 rings (SSSR count). The number of hydrogen-bond donors (Lipinski definition) is 1. The van der Waals surface area contributed by atoms with Gasteiger partial charge < -0.3 is 14.3 Å². The van der Waals surface area contributed by atoms with Crippen LogP contribution in [-0.4, -0.2) is 21.1 Å². The molecule has 0 saturated heterocycles. The summed E-state index contributed by atoms with van der Waals surface area (Å²) in [7, 11) is 0. The highest BCUT2D eigenvalue weighted by atomic mass is 32.1. The zero-order valence-electron chi connectivity index (χ0n) is 7.01. The van der Waals surface area contributed by atoms with Gasteiger partial charge in [0, 0.05) is 6.92 Å². The lowest BCUT2D eigenvalue weighted by Crippen LogP contribution is -2.08. The molecule has 0 N–H and O–H groups in total. The van der Waals surface area contributed by atoms with Crippen LogP contribution in [0.3, 0.4) is 0 Å². The Balaban J connectivity index is 2.88. The van der Waals surface area contributed by atoms with Gasteiger partial charge in [0.2, 0.25) is 0 Å². The van der Waals surface area contributed by atoms with Crippen molar-refractivity contribution in [3.63, 3.8) is 0 Å². The van der Waals surface area contributed by atoms with Crippen molar-refractivity contribution < 1.29 is 9.11 Å². The molecule has 13 heavy (non-hydrogen) atoms. The minimum Gasteiger partial charge on any atom is -0.358 e. The van der Waals surface area contributed by atoms with Crippen molar-refractivity contribution in [3.05, 3.63) is 22.1 Å². The molecule has 0 radical (unpaired) electrons. The summed E-state index contributed by atoms with van der Waals surface area (Å²) in [6.07, 6.45) is 1.23. The Morgan fingerprint density at radius 1 is 1.85 bits per heavy atom. The molecule has 7 heteroatoms. The number of nitro groups is 1. The highest BCUT2D eigenvalue weighted by Crippen LogP contribution is 2.12. The van der Waals surface area contributed by atoms with Gasteiger partial charge in [-0.05, 0) is 17.8 Å². The first-order chi connectivity index (χ1) is 6.16. The average molecular weight is 203 g/mol. The number of aryl methyl sites for hydroxylation is 1. The molecule has 1 aromatic heterocycles. The van der Waals surface area contributed by atoms with Crippen LogP contribution in [0.15, 0.2) is 6.20 Å². The van der Waals surface area contributed by atoms with E-state index < -0.39 is 4.92 Å². The van der Waals surface area contributed by atoms with Crippen LogP contribution in [0.4, 0.5) is 5.82 Å². The lowest BCUT2D eigenvalue weighted by Gasteiger charge is -2.00. The topological polar surface area (TPSA) is 70.2 Å². The molecule has 0 unspecified atom stereocenters. The number of hydrogen-bond acceptors (Lipinski definition) is 5. The van der Waals surface area contributed by atoms with E-state index in [2.05, 4.69) is 22.1 Å². The molecule has 0 aliphatic carbocycles. The molecule has 1 aromatic rings. The molecule has 0 amide bonds. The van der Waals surface area contributed by atoms with Crippen LogP contribution in [0.25, 0.3) is 0 Å². The van der Waals surface area contributed by atoms with Crippen molar-refractivity contribution in [2.75, 3.05) is 6.61 Å². The van der Waals surface area contributed by atoms with E-state index in [-0.39, 0.29) is 5.82 Å². The van der Waals surface area contributed by atoms with Crippen LogP contribution < -0.4 is 0 Å². The molecule has 72 valence electrons. The van der Waals surface area contributed by atoms with Gasteiger partial charge in [0.1, 0.15) is 12.7 Å². The fourth-order valence-electron chi connectivity index (χ4n) is 1.01. The smallest absolute Gasteiger partial charge is 0.342 e. The highest BCUT2D eigenvalue weighted by molar-refractivity contribution is 7.75. The van der Waals surface area contributed by atoms with Crippen molar-refractivity contribution in [2.24, 2.45) is 0 Å². The number of nitrogens with zero attached hydrogens (tertiary/aromatic N) is 3. The van der Waals surface area contributed by atoms with Gasteiger partial charge >= 0.3 is 5.82 Å². The average Bonchev–Trinajstić information content (AvgIpc) is 2.43. The number of imidazole rings is 1. The van der Waals surface area contributed by atoms with Crippen LogP contribution >= 0.6 is 12.9 Å². The van der Waals surface area contributed by atoms with Gasteiger partial charge in [-0.3, -0.25) is 0 Å². The maximum absolute atomic E-state index is 10.5. The van der Waals surface area contributed by atoms with Crippen molar-refractivity contribution in [1.82, 2.24) is 9.55 Å². The Kier molecular flexibility index (Phi) is 3.26. The standard InChI is InChI=1S/C6H9N3O3S/c1-5-7-4-6(9(10)11)8(5)2-3-12-13/h4,13H,2-3H2,1H3. The number of aromatic nitrogens is 2. The zero-order chi connectivity index (χ0) is 9.84. The summed E-state index contributed by atoms with van der Waals surface area (Å²) < 4.78 is 6.00. The lowest BCUT2D eigenvalue weighted by molar-refractivity contribution is -0.392. The molecule has 0 aliphatic rings. The molecule has 0 bridgehead atoms. The fourth-order valence-corrected chi connectivity index (χ4v) is 1.09. The van der Waals surface area contributed by atoms with Crippen molar-refractivity contribution >= 4 is 18.7 Å². The molecule has 0 spiro atoms. The van der Waals surface area contributed by atoms with E-state index in [0.717, 1.165) is 0 Å². The van der Waals surface area contributed by atoms with Crippen LogP contribution in [0.2, 0.25) is 0 Å². The van der Waals surface area contributed by atoms with Crippen molar-refractivity contribution in [1.29, 1.82) is 0 Å². The van der Waals surface area contributed by atoms with Gasteiger partial charge in [0.05, 0.1) is 6.61 Å². The number of thiol groups is 1. The van der Waals surface area contributed by atoms with Gasteiger partial charge in [-0.25, -0.2) is 9.55 Å². The first-order valence-electron chi connectivity index (χ1n) is 3.59. The Morgan fingerprint density at radius 2 is 2.54 bits per heavy atom. The van der Waals surface area contributed by atoms with Crippen molar-refractivity contribution in [2.45, 2.75) is 13.5 Å². The minimum absolute atomic E-state index is 0.0251. The van der Waals surface area contributed by atoms with E-state index in [0.29, 0.717) is 19.0 Å². The van der Waals surface area contributed by atoms with E-state index in [1.165, 1.54) is 10.8 Å². The van der Waals surface area contributed by atoms with E-state index in [4.69, 9.17) is 0 Å². The molecular formula is C6H9N3O3S. The van der Waals surface area contributed by atoms with E-state index in [1.807, 2.05) is 0 Å². The van der Waals surface area contributed by atoms with Crippen LogP contribution in [0.5, 0.6) is 0 Å². The predicted molar refractivity (Wildman–Crippen MR) is 48.6 cm³/mol. The molecule has 0 saturated carbocycles. The molecule has 6 nitrogen and oxygen atoms in total. The molecule has 0 aliphatic heterocycles. The second kappa shape index (κ2) is 4.24. The minimum atomic E-state index is -0.474. The molecule has 0 atom stereocenters. The lowest BCUT2D eigenvalue weighted by atomic mass is 10.6. The van der Waals surface area contributed by atoms with Crippen LogP contribution in [-0.2, 0) is 10.7 Å². The van der Waals surface area contributed by atoms with Gasteiger partial charge in [0.25, 0.3) is 0 Å². The normalized spacial score (nSPS) is 10.3. The van der Waals surface area contributed by atoms with Gasteiger partial charge in [-0.2, -0.15) is 0 Å². The van der Waals surface area contributed by atoms with Crippen LogP contribution in [0, 0.1) is 17.0 Å². The zero-order valence-corrected chi connectivity index (χ0v) is 7.90. The van der Waals surface area contributed by atoms with Crippen molar-refractivity contribution in [3.8, 4) is 0 Å². The Bertz CT molecular complexity index is 312. The summed E-state index contributed by atoms with van der Waals surface area (Å²) in [5, 5.41) is 10.5. The summed E-state index contributed by atoms with van der Waals surface area (Å²) in [4.78, 5) is 13.8. The summed E-state index contributed by atoms with van der Waals surface area (Å²) in [6.45, 7) is 2.39. The molecule has 1 heterocycles. The van der Waals surface area contributed by atoms with E-state index in [1.54, 1.807) is 6.92 Å². The maximum atomic E-state index is 10.5. The molecule has 0 aromatic carbocycles. The first kappa shape index (κ1) is 10.0. The Hall–Kier alpha value is -1.08. The monoisotopic (exact) mass is 203 g/mol. The second-order valence-corrected chi connectivity index (χ2v) is 2.66. The molecular weight excluding hydrogens is 194 g/mol. The summed E-state index contributed by atoms with van der Waals surface area (Å²) in [6, 6.07) is 0. The SMILES string of the molecule is Cc1ncc([N+](=O)[O-])n1CCOS. The molecule has 0 fully saturated rings. The van der Waals surface area contributed by atoms with E-state index >= 15 is 0 Å². The summed E-state index contributed by atoms with van der Waals surface area (Å²) >= 11 is 3.55. The van der Waals surface area contributed by atoms with Gasteiger partial charge in [-0.15, -0.1) is 0 Å². The third-order valence-corrected chi connectivity index (χ3v) is 1.81. The third kappa shape index (κ3) is 2.19.